The van der Waals surface area contributed by atoms with E-state index in [0.717, 1.165) is 23.4 Å². The molecule has 128 valence electrons. The number of hydrogen-bond donors (Lipinski definition) is 0. The molecule has 2 aliphatic heterocycles. The number of likely N-dealkylation sites (tertiary alicyclic amines) is 2. The van der Waals surface area contributed by atoms with Gasteiger partial charge >= 0.3 is 0 Å². The van der Waals surface area contributed by atoms with Crippen LogP contribution in [0.1, 0.15) is 73.1 Å². The quantitative estimate of drug-likeness (QED) is 0.746. The molecule has 3 aliphatic rings. The molecule has 3 fully saturated rings. The van der Waals surface area contributed by atoms with Crippen LogP contribution in [0.3, 0.4) is 0 Å². The van der Waals surface area contributed by atoms with Crippen LogP contribution in [0.2, 0.25) is 0 Å². The molecule has 3 rings (SSSR count). The number of nitrogens with zero attached hydrogens (tertiary/aromatic N) is 2. The molecule has 0 bridgehead atoms. The SMILES string of the molecule is CC(C)N1CCC2(CC1)CC(N1CCCC(C(C)(C)C)C1)C2. The third-order valence-corrected chi connectivity index (χ3v) is 7.12. The molecular formula is C20H38N2. The van der Waals surface area contributed by atoms with Gasteiger partial charge in [0, 0.05) is 18.6 Å². The van der Waals surface area contributed by atoms with Gasteiger partial charge in [-0.1, -0.05) is 20.8 Å². The lowest BCUT2D eigenvalue weighted by Gasteiger charge is -2.57. The molecule has 1 atom stereocenters. The van der Waals surface area contributed by atoms with Crippen molar-refractivity contribution < 1.29 is 0 Å². The molecule has 2 saturated heterocycles. The third kappa shape index (κ3) is 3.38. The first-order valence-corrected chi connectivity index (χ1v) is 9.77. The van der Waals surface area contributed by atoms with Gasteiger partial charge in [0.15, 0.2) is 0 Å². The smallest absolute Gasteiger partial charge is 0.0106 e. The lowest BCUT2D eigenvalue weighted by Crippen LogP contribution is -2.57. The van der Waals surface area contributed by atoms with E-state index in [0.29, 0.717) is 5.41 Å². The summed E-state index contributed by atoms with van der Waals surface area (Å²) in [7, 11) is 0. The molecule has 1 unspecified atom stereocenters. The first-order chi connectivity index (χ1) is 10.3. The summed E-state index contributed by atoms with van der Waals surface area (Å²) in [5.74, 6) is 0.903. The van der Waals surface area contributed by atoms with Crippen LogP contribution in [0.15, 0.2) is 0 Å². The van der Waals surface area contributed by atoms with Gasteiger partial charge < -0.3 is 9.80 Å². The summed E-state index contributed by atoms with van der Waals surface area (Å²) in [6, 6.07) is 1.65. The van der Waals surface area contributed by atoms with Crippen LogP contribution in [0.5, 0.6) is 0 Å². The topological polar surface area (TPSA) is 6.48 Å². The minimum atomic E-state index is 0.489. The van der Waals surface area contributed by atoms with Gasteiger partial charge in [0.25, 0.3) is 0 Å². The van der Waals surface area contributed by atoms with E-state index in [9.17, 15) is 0 Å². The predicted octanol–water partition coefficient (Wildman–Crippen LogP) is 4.40. The second-order valence-corrected chi connectivity index (χ2v) is 9.89. The highest BCUT2D eigenvalue weighted by Gasteiger charge is 2.48. The Morgan fingerprint density at radius 2 is 1.64 bits per heavy atom. The second kappa shape index (κ2) is 6.09. The Morgan fingerprint density at radius 3 is 2.18 bits per heavy atom. The van der Waals surface area contributed by atoms with Crippen molar-refractivity contribution in [2.24, 2.45) is 16.7 Å². The Bertz CT molecular complexity index is 366. The summed E-state index contributed by atoms with van der Waals surface area (Å²) in [5, 5.41) is 0. The molecule has 0 amide bonds. The van der Waals surface area contributed by atoms with E-state index in [-0.39, 0.29) is 0 Å². The number of rotatable bonds is 2. The van der Waals surface area contributed by atoms with Gasteiger partial charge in [-0.05, 0) is 88.8 Å². The lowest BCUT2D eigenvalue weighted by atomic mass is 9.59. The van der Waals surface area contributed by atoms with Gasteiger partial charge in [0.2, 0.25) is 0 Å². The molecule has 0 N–H and O–H groups in total. The van der Waals surface area contributed by atoms with Gasteiger partial charge in [-0.15, -0.1) is 0 Å². The van der Waals surface area contributed by atoms with Crippen LogP contribution in [-0.4, -0.2) is 48.1 Å². The fourth-order valence-electron chi connectivity index (χ4n) is 5.17. The van der Waals surface area contributed by atoms with Crippen molar-refractivity contribution in [3.05, 3.63) is 0 Å². The molecule has 2 heterocycles. The highest BCUT2D eigenvalue weighted by molar-refractivity contribution is 5.02. The van der Waals surface area contributed by atoms with E-state index in [1.54, 1.807) is 0 Å². The monoisotopic (exact) mass is 306 g/mol. The third-order valence-electron chi connectivity index (χ3n) is 7.12. The number of hydrogen-bond acceptors (Lipinski definition) is 2. The van der Waals surface area contributed by atoms with Crippen molar-refractivity contribution in [3.8, 4) is 0 Å². The van der Waals surface area contributed by atoms with Crippen molar-refractivity contribution in [3.63, 3.8) is 0 Å². The minimum Gasteiger partial charge on any atom is -0.301 e. The van der Waals surface area contributed by atoms with Crippen molar-refractivity contribution >= 4 is 0 Å². The zero-order valence-electron chi connectivity index (χ0n) is 15.7. The van der Waals surface area contributed by atoms with Crippen LogP contribution in [0.25, 0.3) is 0 Å². The Balaban J connectivity index is 1.49. The average molecular weight is 307 g/mol. The van der Waals surface area contributed by atoms with Gasteiger partial charge in [0.1, 0.15) is 0 Å². The summed E-state index contributed by atoms with van der Waals surface area (Å²) in [4.78, 5) is 5.54. The first kappa shape index (κ1) is 16.8. The summed E-state index contributed by atoms with van der Waals surface area (Å²) in [6.45, 7) is 17.4. The molecule has 2 nitrogen and oxygen atoms in total. The zero-order valence-corrected chi connectivity index (χ0v) is 15.7. The second-order valence-electron chi connectivity index (χ2n) is 9.89. The molecule has 0 aromatic rings. The van der Waals surface area contributed by atoms with Crippen molar-refractivity contribution in [1.29, 1.82) is 0 Å². The van der Waals surface area contributed by atoms with Gasteiger partial charge in [-0.3, -0.25) is 0 Å². The predicted molar refractivity (Wildman–Crippen MR) is 95.2 cm³/mol. The van der Waals surface area contributed by atoms with Crippen molar-refractivity contribution in [2.45, 2.75) is 85.2 Å². The Hall–Kier alpha value is -0.0800. The van der Waals surface area contributed by atoms with Crippen LogP contribution in [0.4, 0.5) is 0 Å². The highest BCUT2D eigenvalue weighted by atomic mass is 15.2. The standard InChI is InChI=1S/C20H38N2/c1-16(2)21-11-8-20(9-12-21)13-18(14-20)22-10-6-7-17(15-22)19(3,4)5/h16-18H,6-15H2,1-5H3. The van der Waals surface area contributed by atoms with Gasteiger partial charge in [-0.25, -0.2) is 0 Å². The van der Waals surface area contributed by atoms with E-state index in [1.807, 2.05) is 0 Å². The fourth-order valence-corrected chi connectivity index (χ4v) is 5.17. The largest absolute Gasteiger partial charge is 0.301 e. The summed E-state index contributed by atoms with van der Waals surface area (Å²) < 4.78 is 0. The highest BCUT2D eigenvalue weighted by Crippen LogP contribution is 2.52. The molecule has 1 saturated carbocycles. The Labute approximate surface area is 138 Å². The molecule has 0 radical (unpaired) electrons. The van der Waals surface area contributed by atoms with E-state index >= 15 is 0 Å². The maximum absolute atomic E-state index is 2.86. The van der Waals surface area contributed by atoms with Crippen LogP contribution in [-0.2, 0) is 0 Å². The van der Waals surface area contributed by atoms with E-state index in [4.69, 9.17) is 0 Å². The number of piperidine rings is 2. The molecule has 0 aromatic heterocycles. The van der Waals surface area contributed by atoms with E-state index in [1.165, 1.54) is 64.7 Å². The zero-order chi connectivity index (χ0) is 16.0. The van der Waals surface area contributed by atoms with E-state index < -0.39 is 0 Å². The van der Waals surface area contributed by atoms with Gasteiger partial charge in [-0.2, -0.15) is 0 Å². The average Bonchev–Trinajstić information content (AvgIpc) is 2.44. The normalized spacial score (nSPS) is 31.6. The molecule has 22 heavy (non-hydrogen) atoms. The maximum atomic E-state index is 2.86. The summed E-state index contributed by atoms with van der Waals surface area (Å²) >= 11 is 0. The molecule has 2 heteroatoms. The Kier molecular flexibility index (Phi) is 4.64. The van der Waals surface area contributed by atoms with Crippen molar-refractivity contribution in [1.82, 2.24) is 9.80 Å². The van der Waals surface area contributed by atoms with Crippen LogP contribution in [0, 0.1) is 16.7 Å². The molecule has 1 aliphatic carbocycles. The summed E-state index contributed by atoms with van der Waals surface area (Å²) in [5.41, 5.74) is 1.22. The maximum Gasteiger partial charge on any atom is 0.0106 e. The molecule has 0 aromatic carbocycles. The van der Waals surface area contributed by atoms with E-state index in [2.05, 4.69) is 44.4 Å². The first-order valence-electron chi connectivity index (χ1n) is 9.77. The van der Waals surface area contributed by atoms with Crippen molar-refractivity contribution in [2.75, 3.05) is 26.2 Å². The fraction of sp³-hybridized carbons (Fsp3) is 1.00. The molecular weight excluding hydrogens is 268 g/mol. The summed E-state index contributed by atoms with van der Waals surface area (Å²) in [6.07, 6.45) is 8.77. The lowest BCUT2D eigenvalue weighted by molar-refractivity contribution is -0.0651. The van der Waals surface area contributed by atoms with Crippen LogP contribution < -0.4 is 0 Å². The Morgan fingerprint density at radius 1 is 1.00 bits per heavy atom. The van der Waals surface area contributed by atoms with Crippen LogP contribution >= 0.6 is 0 Å². The van der Waals surface area contributed by atoms with Gasteiger partial charge in [0.05, 0.1) is 0 Å². The molecule has 1 spiro atoms. The minimum absolute atomic E-state index is 0.489.